The summed E-state index contributed by atoms with van der Waals surface area (Å²) < 4.78 is 18.2. The molecule has 0 spiro atoms. The van der Waals surface area contributed by atoms with E-state index in [1.165, 1.54) is 7.11 Å². The van der Waals surface area contributed by atoms with Crippen molar-refractivity contribution in [3.63, 3.8) is 0 Å². The zero-order valence-electron chi connectivity index (χ0n) is 23.3. The van der Waals surface area contributed by atoms with Crippen LogP contribution in [0.15, 0.2) is 22.7 Å². The van der Waals surface area contributed by atoms with Gasteiger partial charge in [-0.15, -0.1) is 0 Å². The monoisotopic (exact) mass is 518 g/mol. The second-order valence-electron chi connectivity index (χ2n) is 12.5. The Hall–Kier alpha value is -2.03. The third-order valence-electron chi connectivity index (χ3n) is 9.57. The summed E-state index contributed by atoms with van der Waals surface area (Å²) >= 11 is 0. The number of rotatable bonds is 6. The van der Waals surface area contributed by atoms with Gasteiger partial charge in [-0.1, -0.05) is 27.7 Å². The molecule has 2 aliphatic carbocycles. The van der Waals surface area contributed by atoms with Gasteiger partial charge in [-0.25, -0.2) is 0 Å². The lowest BCUT2D eigenvalue weighted by molar-refractivity contribution is -0.260. The number of hydrogen-bond donors (Lipinski definition) is 2. The molecule has 0 amide bonds. The maximum absolute atomic E-state index is 13.8. The maximum atomic E-state index is 13.8. The molecular weight excluding hydrogens is 476 g/mol. The molecule has 1 saturated heterocycles. The highest BCUT2D eigenvalue weighted by molar-refractivity contribution is 6.25. The van der Waals surface area contributed by atoms with E-state index >= 15 is 0 Å². The van der Waals surface area contributed by atoms with Crippen molar-refractivity contribution < 1.29 is 38.8 Å². The molecule has 2 aliphatic heterocycles. The van der Waals surface area contributed by atoms with Crippen LogP contribution in [0.4, 0.5) is 0 Å². The van der Waals surface area contributed by atoms with Gasteiger partial charge in [0, 0.05) is 23.2 Å². The molecule has 8 nitrogen and oxygen atoms in total. The Morgan fingerprint density at radius 1 is 1.16 bits per heavy atom. The lowest BCUT2D eigenvalue weighted by atomic mass is 9.52. The Labute approximate surface area is 219 Å². The second-order valence-corrected chi connectivity index (χ2v) is 12.5. The summed E-state index contributed by atoms with van der Waals surface area (Å²) in [5.74, 6) is -3.33. The van der Waals surface area contributed by atoms with Gasteiger partial charge >= 0.3 is 0 Å². The van der Waals surface area contributed by atoms with E-state index in [1.807, 2.05) is 20.8 Å². The summed E-state index contributed by atoms with van der Waals surface area (Å²) in [5, 5.41) is 22.3. The van der Waals surface area contributed by atoms with Crippen molar-refractivity contribution in [2.75, 3.05) is 7.11 Å². The molecule has 8 atom stereocenters. The highest BCUT2D eigenvalue weighted by atomic mass is 16.5. The molecule has 8 heteroatoms. The van der Waals surface area contributed by atoms with Gasteiger partial charge in [-0.3, -0.25) is 14.4 Å². The van der Waals surface area contributed by atoms with Crippen molar-refractivity contribution in [1.29, 1.82) is 0 Å². The van der Waals surface area contributed by atoms with Gasteiger partial charge in [0.25, 0.3) is 0 Å². The van der Waals surface area contributed by atoms with E-state index in [-0.39, 0.29) is 46.6 Å². The van der Waals surface area contributed by atoms with Crippen molar-refractivity contribution in [2.24, 2.45) is 23.2 Å². The SMILES string of the molecule is CC[C@H](C)C(=O)[C@@H](C)C1=C(OC)C(=O)C2=C(O[C@]3(C)CC[C@H]4O[C@@H](C(C)(C)O)CC[C@]4(C)[C@H]3[C@@H]2O)C1=O. The van der Waals surface area contributed by atoms with Crippen LogP contribution in [0.3, 0.4) is 0 Å². The molecule has 0 bridgehead atoms. The first-order valence-electron chi connectivity index (χ1n) is 13.5. The number of carbonyl (C=O) groups excluding carboxylic acids is 3. The summed E-state index contributed by atoms with van der Waals surface area (Å²) in [6.45, 7) is 12.7. The normalized spacial score (nSPS) is 37.8. The molecule has 0 radical (unpaired) electrons. The van der Waals surface area contributed by atoms with E-state index in [4.69, 9.17) is 14.2 Å². The fourth-order valence-corrected chi connectivity index (χ4v) is 7.21. The number of ketones is 3. The third-order valence-corrected chi connectivity index (χ3v) is 9.57. The number of carbonyl (C=O) groups is 3. The Bertz CT molecular complexity index is 1060. The number of ether oxygens (including phenoxy) is 3. The Morgan fingerprint density at radius 2 is 1.81 bits per heavy atom. The minimum atomic E-state index is -1.27. The smallest absolute Gasteiger partial charge is 0.230 e. The predicted molar refractivity (Wildman–Crippen MR) is 135 cm³/mol. The van der Waals surface area contributed by atoms with E-state index in [9.17, 15) is 24.6 Å². The molecule has 0 aromatic carbocycles. The quantitative estimate of drug-likeness (QED) is 0.514. The van der Waals surface area contributed by atoms with Crippen LogP contribution in [-0.2, 0) is 28.6 Å². The standard InChI is InChI=1S/C29H42O8/c1-9-14(2)20(30)15(3)18-21(31)25-19(22(32)24(18)35-8)23(33)26-28(6)12-10-16(27(4,5)34)36-17(28)11-13-29(26,7)37-25/h14-17,23,26,33-34H,9-13H2,1-8H3/t14-,15-,16+,17+,23+,26+,28-,29+/m0/s1. The van der Waals surface area contributed by atoms with Gasteiger partial charge in [-0.2, -0.15) is 0 Å². The van der Waals surface area contributed by atoms with Gasteiger partial charge < -0.3 is 24.4 Å². The molecule has 2 N–H and O–H groups in total. The first-order valence-corrected chi connectivity index (χ1v) is 13.5. The highest BCUT2D eigenvalue weighted by Crippen LogP contribution is 2.60. The summed E-state index contributed by atoms with van der Waals surface area (Å²) in [6, 6.07) is 0. The first-order chi connectivity index (χ1) is 17.1. The Kier molecular flexibility index (Phi) is 7.04. The van der Waals surface area contributed by atoms with E-state index in [1.54, 1.807) is 27.7 Å². The molecule has 4 rings (SSSR count). The average molecular weight is 519 g/mol. The largest absolute Gasteiger partial charge is 0.492 e. The van der Waals surface area contributed by atoms with E-state index < -0.39 is 46.1 Å². The molecule has 0 unspecified atom stereocenters. The molecule has 2 heterocycles. The molecule has 2 fully saturated rings. The molecular formula is C29H42O8. The molecule has 206 valence electrons. The Balaban J connectivity index is 1.74. The van der Waals surface area contributed by atoms with Crippen LogP contribution in [0.25, 0.3) is 0 Å². The molecule has 1 saturated carbocycles. The summed E-state index contributed by atoms with van der Waals surface area (Å²) in [6.07, 6.45) is 1.15. The number of aliphatic hydroxyl groups is 2. The minimum Gasteiger partial charge on any atom is -0.492 e. The van der Waals surface area contributed by atoms with E-state index in [0.29, 0.717) is 32.1 Å². The number of Topliss-reactive ketones (excluding diaryl/α,β-unsaturated/α-hetero) is 3. The molecule has 0 aromatic heterocycles. The second kappa shape index (κ2) is 9.31. The zero-order chi connectivity index (χ0) is 27.7. The average Bonchev–Trinajstić information content (AvgIpc) is 2.82. The number of allylic oxidation sites excluding steroid dienone is 2. The van der Waals surface area contributed by atoms with Crippen LogP contribution < -0.4 is 0 Å². The van der Waals surface area contributed by atoms with Crippen LogP contribution in [0.1, 0.15) is 80.6 Å². The number of methoxy groups -OCH3 is 1. The number of fused-ring (bicyclic) bond motifs is 3. The summed E-state index contributed by atoms with van der Waals surface area (Å²) in [4.78, 5) is 40.6. The van der Waals surface area contributed by atoms with Gasteiger partial charge in [-0.05, 0) is 52.9 Å². The lowest BCUT2D eigenvalue weighted by Gasteiger charge is -2.61. The third kappa shape index (κ3) is 4.20. The maximum Gasteiger partial charge on any atom is 0.230 e. The zero-order valence-corrected chi connectivity index (χ0v) is 23.3. The van der Waals surface area contributed by atoms with E-state index in [2.05, 4.69) is 0 Å². The topological polar surface area (TPSA) is 119 Å². The number of aliphatic hydroxyl groups excluding tert-OH is 1. The first kappa shape index (κ1) is 28.0. The van der Waals surface area contributed by atoms with Crippen molar-refractivity contribution >= 4 is 17.3 Å². The minimum absolute atomic E-state index is 0.000263. The van der Waals surface area contributed by atoms with Crippen LogP contribution in [0.2, 0.25) is 0 Å². The fraction of sp³-hybridized carbons (Fsp3) is 0.759. The van der Waals surface area contributed by atoms with Crippen LogP contribution in [-0.4, -0.2) is 64.2 Å². The number of hydrogen-bond acceptors (Lipinski definition) is 8. The van der Waals surface area contributed by atoms with Crippen LogP contribution >= 0.6 is 0 Å². The lowest BCUT2D eigenvalue weighted by Crippen LogP contribution is -2.66. The summed E-state index contributed by atoms with van der Waals surface area (Å²) in [5.41, 5.74) is -2.55. The molecule has 0 aromatic rings. The van der Waals surface area contributed by atoms with Gasteiger partial charge in [0.15, 0.2) is 11.5 Å². The van der Waals surface area contributed by atoms with Crippen molar-refractivity contribution in [1.82, 2.24) is 0 Å². The van der Waals surface area contributed by atoms with Gasteiger partial charge in [0.1, 0.15) is 11.4 Å². The summed E-state index contributed by atoms with van der Waals surface area (Å²) in [7, 11) is 1.30. The van der Waals surface area contributed by atoms with Crippen LogP contribution in [0, 0.1) is 23.2 Å². The molecule has 37 heavy (non-hydrogen) atoms. The fourth-order valence-electron chi connectivity index (χ4n) is 7.21. The van der Waals surface area contributed by atoms with Crippen molar-refractivity contribution in [2.45, 2.75) is 110 Å². The van der Waals surface area contributed by atoms with E-state index in [0.717, 1.165) is 0 Å². The Morgan fingerprint density at radius 3 is 2.38 bits per heavy atom. The highest BCUT2D eigenvalue weighted by Gasteiger charge is 2.65. The predicted octanol–water partition coefficient (Wildman–Crippen LogP) is 3.43. The van der Waals surface area contributed by atoms with Gasteiger partial charge in [0.2, 0.25) is 11.6 Å². The van der Waals surface area contributed by atoms with Crippen molar-refractivity contribution in [3.05, 3.63) is 22.7 Å². The van der Waals surface area contributed by atoms with Gasteiger partial charge in [0.05, 0.1) is 42.2 Å². The van der Waals surface area contributed by atoms with Crippen molar-refractivity contribution in [3.8, 4) is 0 Å². The van der Waals surface area contributed by atoms with Crippen LogP contribution in [0.5, 0.6) is 0 Å². The molecule has 4 aliphatic rings.